The first-order valence-corrected chi connectivity index (χ1v) is 7.44. The van der Waals surface area contributed by atoms with Crippen molar-refractivity contribution in [3.8, 4) is 0 Å². The summed E-state index contributed by atoms with van der Waals surface area (Å²) in [6.07, 6.45) is 3.21. The van der Waals surface area contributed by atoms with Crippen LogP contribution in [0.1, 0.15) is 18.2 Å². The summed E-state index contributed by atoms with van der Waals surface area (Å²) in [6.45, 7) is 10.4. The summed E-state index contributed by atoms with van der Waals surface area (Å²) in [4.78, 5) is 5.18. The molecule has 106 valence electrons. The molecule has 1 N–H and O–H groups in total. The number of likely N-dealkylation sites (tertiary alicyclic amines) is 1. The van der Waals surface area contributed by atoms with Gasteiger partial charge in [0.25, 0.3) is 0 Å². The minimum Gasteiger partial charge on any atom is -0.314 e. The van der Waals surface area contributed by atoms with E-state index in [4.69, 9.17) is 0 Å². The molecular weight excluding hydrogens is 238 g/mol. The number of aryl methyl sites for hydroxylation is 2. The maximum Gasteiger partial charge on any atom is 0.0666 e. The van der Waals surface area contributed by atoms with E-state index in [0.717, 1.165) is 32.1 Å². The average Bonchev–Trinajstić information content (AvgIpc) is 2.74. The molecule has 0 saturated carbocycles. The summed E-state index contributed by atoms with van der Waals surface area (Å²) >= 11 is 0. The van der Waals surface area contributed by atoms with Gasteiger partial charge in [0.2, 0.25) is 0 Å². The zero-order valence-corrected chi connectivity index (χ0v) is 12.1. The highest BCUT2D eigenvalue weighted by Crippen LogP contribution is 2.19. The van der Waals surface area contributed by atoms with E-state index in [1.807, 2.05) is 11.7 Å². The third-order valence-corrected chi connectivity index (χ3v) is 4.33. The second-order valence-corrected chi connectivity index (χ2v) is 5.76. The Kier molecular flexibility index (Phi) is 3.86. The van der Waals surface area contributed by atoms with Gasteiger partial charge in [-0.1, -0.05) is 6.92 Å². The van der Waals surface area contributed by atoms with Crippen LogP contribution in [0, 0.1) is 0 Å². The number of nitrogens with one attached hydrogen (secondary N) is 1. The van der Waals surface area contributed by atoms with Crippen molar-refractivity contribution < 1.29 is 0 Å². The Balaban J connectivity index is 1.50. The van der Waals surface area contributed by atoms with Crippen molar-refractivity contribution >= 4 is 0 Å². The van der Waals surface area contributed by atoms with Crippen molar-refractivity contribution in [1.82, 2.24) is 24.9 Å². The van der Waals surface area contributed by atoms with Crippen molar-refractivity contribution in [3.63, 3.8) is 0 Å². The predicted octanol–water partition coefficient (Wildman–Crippen LogP) is 0.0719. The van der Waals surface area contributed by atoms with Crippen LogP contribution in [0.15, 0.2) is 6.20 Å². The van der Waals surface area contributed by atoms with Crippen LogP contribution in [0.5, 0.6) is 0 Å². The highest BCUT2D eigenvalue weighted by atomic mass is 15.3. The summed E-state index contributed by atoms with van der Waals surface area (Å²) in [5, 5.41) is 7.94. The Morgan fingerprint density at radius 1 is 1.32 bits per heavy atom. The van der Waals surface area contributed by atoms with E-state index in [1.54, 1.807) is 0 Å². The maximum absolute atomic E-state index is 4.52. The van der Waals surface area contributed by atoms with Gasteiger partial charge in [-0.2, -0.15) is 5.10 Å². The Morgan fingerprint density at radius 2 is 2.05 bits per heavy atom. The SMILES string of the molecule is CCc1nn(C)cc1CN1CC(N2CCNCC2)C1. The van der Waals surface area contributed by atoms with Gasteiger partial charge in [0.15, 0.2) is 0 Å². The van der Waals surface area contributed by atoms with Crippen molar-refractivity contribution in [3.05, 3.63) is 17.5 Å². The van der Waals surface area contributed by atoms with Crippen LogP contribution in [-0.4, -0.2) is 64.9 Å². The van der Waals surface area contributed by atoms with Crippen molar-refractivity contribution in [2.75, 3.05) is 39.3 Å². The molecule has 5 nitrogen and oxygen atoms in total. The fourth-order valence-electron chi connectivity index (χ4n) is 3.20. The van der Waals surface area contributed by atoms with E-state index in [1.165, 1.54) is 37.4 Å². The molecule has 5 heteroatoms. The molecule has 3 rings (SSSR count). The van der Waals surface area contributed by atoms with Gasteiger partial charge < -0.3 is 5.32 Å². The minimum atomic E-state index is 0.781. The average molecular weight is 263 g/mol. The number of rotatable bonds is 4. The Labute approximate surface area is 115 Å². The molecular formula is C14H25N5. The third kappa shape index (κ3) is 2.83. The normalized spacial score (nSPS) is 22.6. The lowest BCUT2D eigenvalue weighted by Crippen LogP contribution is -2.62. The molecule has 0 radical (unpaired) electrons. The summed E-state index contributed by atoms with van der Waals surface area (Å²) in [5.41, 5.74) is 2.66. The van der Waals surface area contributed by atoms with Crippen LogP contribution >= 0.6 is 0 Å². The zero-order valence-electron chi connectivity index (χ0n) is 12.1. The number of piperazine rings is 1. The lowest BCUT2D eigenvalue weighted by Gasteiger charge is -2.46. The minimum absolute atomic E-state index is 0.781. The van der Waals surface area contributed by atoms with Crippen molar-refractivity contribution in [2.24, 2.45) is 7.05 Å². The fourth-order valence-corrected chi connectivity index (χ4v) is 3.20. The molecule has 0 unspecified atom stereocenters. The predicted molar refractivity (Wildman–Crippen MR) is 76.1 cm³/mol. The van der Waals surface area contributed by atoms with Crippen molar-refractivity contribution in [1.29, 1.82) is 0 Å². The lowest BCUT2D eigenvalue weighted by atomic mass is 10.0. The van der Waals surface area contributed by atoms with E-state index >= 15 is 0 Å². The standard InChI is InChI=1S/C14H25N5/c1-3-14-12(8-17(2)16-14)9-18-10-13(11-18)19-6-4-15-5-7-19/h8,13,15H,3-7,9-11H2,1-2H3. The van der Waals surface area contributed by atoms with Gasteiger partial charge in [0.05, 0.1) is 5.69 Å². The number of aromatic nitrogens is 2. The molecule has 1 aromatic heterocycles. The molecule has 0 aliphatic carbocycles. The van der Waals surface area contributed by atoms with Gasteiger partial charge in [-0.05, 0) is 6.42 Å². The molecule has 0 bridgehead atoms. The molecule has 0 aromatic carbocycles. The van der Waals surface area contributed by atoms with Crippen LogP contribution in [0.25, 0.3) is 0 Å². The van der Waals surface area contributed by atoms with E-state index < -0.39 is 0 Å². The molecule has 2 aliphatic heterocycles. The molecule has 2 saturated heterocycles. The third-order valence-electron chi connectivity index (χ3n) is 4.33. The summed E-state index contributed by atoms with van der Waals surface area (Å²) < 4.78 is 1.95. The highest BCUT2D eigenvalue weighted by molar-refractivity contribution is 5.17. The lowest BCUT2D eigenvalue weighted by molar-refractivity contribution is 0.0221. The molecule has 3 heterocycles. The maximum atomic E-state index is 4.52. The van der Waals surface area contributed by atoms with Gasteiger partial charge in [0, 0.05) is 70.7 Å². The first-order chi connectivity index (χ1) is 9.26. The number of hydrogen-bond acceptors (Lipinski definition) is 4. The molecule has 0 spiro atoms. The summed E-state index contributed by atoms with van der Waals surface area (Å²) in [5.74, 6) is 0. The van der Waals surface area contributed by atoms with E-state index in [2.05, 4.69) is 33.3 Å². The van der Waals surface area contributed by atoms with Crippen LogP contribution < -0.4 is 5.32 Å². The van der Waals surface area contributed by atoms with E-state index in [0.29, 0.717) is 0 Å². The van der Waals surface area contributed by atoms with Gasteiger partial charge in [-0.15, -0.1) is 0 Å². The molecule has 2 aliphatic rings. The van der Waals surface area contributed by atoms with Gasteiger partial charge >= 0.3 is 0 Å². The van der Waals surface area contributed by atoms with E-state index in [9.17, 15) is 0 Å². The van der Waals surface area contributed by atoms with Gasteiger partial charge in [-0.25, -0.2) is 0 Å². The molecule has 0 atom stereocenters. The Morgan fingerprint density at radius 3 is 2.74 bits per heavy atom. The Bertz CT molecular complexity index is 415. The molecule has 1 aromatic rings. The van der Waals surface area contributed by atoms with Gasteiger partial charge in [0.1, 0.15) is 0 Å². The number of nitrogens with zero attached hydrogens (tertiary/aromatic N) is 4. The molecule has 2 fully saturated rings. The zero-order chi connectivity index (χ0) is 13.2. The van der Waals surface area contributed by atoms with E-state index in [-0.39, 0.29) is 0 Å². The quantitative estimate of drug-likeness (QED) is 0.834. The van der Waals surface area contributed by atoms with Crippen LogP contribution in [0.3, 0.4) is 0 Å². The summed E-state index contributed by atoms with van der Waals surface area (Å²) in [7, 11) is 2.02. The second kappa shape index (κ2) is 5.61. The highest BCUT2D eigenvalue weighted by Gasteiger charge is 2.32. The largest absolute Gasteiger partial charge is 0.314 e. The first-order valence-electron chi connectivity index (χ1n) is 7.44. The summed E-state index contributed by atoms with van der Waals surface area (Å²) in [6, 6.07) is 0.781. The van der Waals surface area contributed by atoms with Crippen LogP contribution in [-0.2, 0) is 20.0 Å². The molecule has 19 heavy (non-hydrogen) atoms. The van der Waals surface area contributed by atoms with Gasteiger partial charge in [-0.3, -0.25) is 14.5 Å². The second-order valence-electron chi connectivity index (χ2n) is 5.76. The first kappa shape index (κ1) is 13.1. The van der Waals surface area contributed by atoms with Crippen molar-refractivity contribution in [2.45, 2.75) is 25.9 Å². The topological polar surface area (TPSA) is 36.3 Å². The Hall–Kier alpha value is -0.910. The fraction of sp³-hybridized carbons (Fsp3) is 0.786. The van der Waals surface area contributed by atoms with Crippen LogP contribution in [0.2, 0.25) is 0 Å². The smallest absolute Gasteiger partial charge is 0.0666 e. The van der Waals surface area contributed by atoms with Crippen LogP contribution in [0.4, 0.5) is 0 Å². The monoisotopic (exact) mass is 263 g/mol. The number of hydrogen-bond donors (Lipinski definition) is 1. The molecule has 0 amide bonds.